The van der Waals surface area contributed by atoms with Gasteiger partial charge in [0.05, 0.1) is 14.2 Å². The molecule has 1 aromatic heterocycles. The molecule has 1 atom stereocenters. The third kappa shape index (κ3) is 4.05. The molecule has 0 saturated carbocycles. The molecule has 1 saturated heterocycles. The summed E-state index contributed by atoms with van der Waals surface area (Å²) in [6, 6.07) is 8.15. The van der Waals surface area contributed by atoms with Crippen LogP contribution >= 0.6 is 0 Å². The van der Waals surface area contributed by atoms with Crippen molar-refractivity contribution in [2.75, 3.05) is 27.3 Å². The lowest BCUT2D eigenvalue weighted by Crippen LogP contribution is -2.35. The van der Waals surface area contributed by atoms with Crippen LogP contribution in [-0.4, -0.2) is 42.4 Å². The number of methoxy groups -OCH3 is 2. The Kier molecular flexibility index (Phi) is 5.18. The summed E-state index contributed by atoms with van der Waals surface area (Å²) in [4.78, 5) is 2.52. The number of ether oxygens (including phenoxy) is 2. The highest BCUT2D eigenvalue weighted by Crippen LogP contribution is 2.28. The highest BCUT2D eigenvalue weighted by Gasteiger charge is 2.21. The minimum absolute atomic E-state index is 0.688. The average Bonchev–Trinajstić information content (AvgIpc) is 3.08. The SMILES string of the molecule is COc1ccc(CN2CCC[C@H](Cc3ccn[nH]3)C2)c(OC)c1. The van der Waals surface area contributed by atoms with E-state index in [1.165, 1.54) is 24.1 Å². The Balaban J connectivity index is 1.63. The predicted octanol–water partition coefficient (Wildman–Crippen LogP) is 2.88. The van der Waals surface area contributed by atoms with Crippen molar-refractivity contribution in [2.45, 2.75) is 25.8 Å². The van der Waals surface area contributed by atoms with E-state index in [9.17, 15) is 0 Å². The first-order valence-corrected chi connectivity index (χ1v) is 8.20. The topological polar surface area (TPSA) is 50.4 Å². The molecular weight excluding hydrogens is 290 g/mol. The summed E-state index contributed by atoms with van der Waals surface area (Å²) in [5.74, 6) is 2.43. The molecule has 1 aliphatic heterocycles. The van der Waals surface area contributed by atoms with Crippen LogP contribution in [-0.2, 0) is 13.0 Å². The van der Waals surface area contributed by atoms with Crippen molar-refractivity contribution in [3.63, 3.8) is 0 Å². The molecule has 1 aromatic carbocycles. The van der Waals surface area contributed by atoms with Gasteiger partial charge in [-0.15, -0.1) is 0 Å². The van der Waals surface area contributed by atoms with Gasteiger partial charge in [0.2, 0.25) is 0 Å². The van der Waals surface area contributed by atoms with E-state index in [-0.39, 0.29) is 0 Å². The summed E-state index contributed by atoms with van der Waals surface area (Å²) >= 11 is 0. The molecule has 0 aliphatic carbocycles. The van der Waals surface area contributed by atoms with E-state index < -0.39 is 0 Å². The van der Waals surface area contributed by atoms with E-state index in [1.54, 1.807) is 14.2 Å². The fourth-order valence-corrected chi connectivity index (χ4v) is 3.39. The van der Waals surface area contributed by atoms with Gasteiger partial charge in [-0.2, -0.15) is 5.10 Å². The molecule has 5 nitrogen and oxygen atoms in total. The first kappa shape index (κ1) is 15.9. The van der Waals surface area contributed by atoms with Gasteiger partial charge >= 0.3 is 0 Å². The minimum Gasteiger partial charge on any atom is -0.497 e. The standard InChI is InChI=1S/C18H25N3O2/c1-22-17-6-5-15(18(11-17)23-2)13-21-9-3-4-14(12-21)10-16-7-8-19-20-16/h5-8,11,14H,3-4,9-10,12-13H2,1-2H3,(H,19,20)/t14-/m1/s1. The Morgan fingerprint density at radius 1 is 1.26 bits per heavy atom. The maximum Gasteiger partial charge on any atom is 0.127 e. The first-order chi connectivity index (χ1) is 11.3. The summed E-state index contributed by atoms with van der Waals surface area (Å²) in [6.45, 7) is 3.19. The van der Waals surface area contributed by atoms with Crippen LogP contribution in [0.1, 0.15) is 24.1 Å². The number of aromatic amines is 1. The second-order valence-electron chi connectivity index (χ2n) is 6.21. The largest absolute Gasteiger partial charge is 0.497 e. The van der Waals surface area contributed by atoms with Crippen molar-refractivity contribution in [3.8, 4) is 11.5 Å². The monoisotopic (exact) mass is 315 g/mol. The number of hydrogen-bond donors (Lipinski definition) is 1. The zero-order valence-corrected chi connectivity index (χ0v) is 13.9. The molecule has 1 aliphatic rings. The number of benzene rings is 1. The second kappa shape index (κ2) is 7.51. The number of aromatic nitrogens is 2. The number of hydrogen-bond acceptors (Lipinski definition) is 4. The lowest BCUT2D eigenvalue weighted by atomic mass is 9.93. The van der Waals surface area contributed by atoms with Crippen LogP contribution in [0.3, 0.4) is 0 Å². The Bertz CT molecular complexity index is 613. The van der Waals surface area contributed by atoms with E-state index in [2.05, 4.69) is 27.2 Å². The zero-order chi connectivity index (χ0) is 16.1. The molecule has 1 fully saturated rings. The van der Waals surface area contributed by atoms with Crippen LogP contribution in [0.15, 0.2) is 30.5 Å². The Morgan fingerprint density at radius 3 is 2.91 bits per heavy atom. The van der Waals surface area contributed by atoms with Crippen molar-refractivity contribution in [1.82, 2.24) is 15.1 Å². The molecule has 0 unspecified atom stereocenters. The van der Waals surface area contributed by atoms with E-state index in [1.807, 2.05) is 18.3 Å². The van der Waals surface area contributed by atoms with Gasteiger partial charge < -0.3 is 9.47 Å². The molecule has 124 valence electrons. The van der Waals surface area contributed by atoms with Gasteiger partial charge in [0.25, 0.3) is 0 Å². The maximum absolute atomic E-state index is 5.52. The van der Waals surface area contributed by atoms with Crippen LogP contribution in [0, 0.1) is 5.92 Å². The average molecular weight is 315 g/mol. The predicted molar refractivity (Wildman–Crippen MR) is 89.8 cm³/mol. The van der Waals surface area contributed by atoms with Crippen LogP contribution in [0.4, 0.5) is 0 Å². The molecule has 23 heavy (non-hydrogen) atoms. The summed E-state index contributed by atoms with van der Waals surface area (Å²) < 4.78 is 10.8. The van der Waals surface area contributed by atoms with Crippen molar-refractivity contribution < 1.29 is 9.47 Å². The van der Waals surface area contributed by atoms with Crippen molar-refractivity contribution in [2.24, 2.45) is 5.92 Å². The normalized spacial score (nSPS) is 18.8. The molecule has 3 rings (SSSR count). The number of likely N-dealkylation sites (tertiary alicyclic amines) is 1. The van der Waals surface area contributed by atoms with E-state index in [4.69, 9.17) is 9.47 Å². The number of nitrogens with zero attached hydrogens (tertiary/aromatic N) is 2. The number of piperidine rings is 1. The number of H-pyrrole nitrogens is 1. The van der Waals surface area contributed by atoms with Crippen LogP contribution in [0.2, 0.25) is 0 Å². The van der Waals surface area contributed by atoms with E-state index in [0.29, 0.717) is 5.92 Å². The molecule has 0 spiro atoms. The fraction of sp³-hybridized carbons (Fsp3) is 0.500. The Morgan fingerprint density at radius 2 is 2.17 bits per heavy atom. The third-order valence-electron chi connectivity index (χ3n) is 4.56. The number of nitrogens with one attached hydrogen (secondary N) is 1. The van der Waals surface area contributed by atoms with Crippen LogP contribution in [0.25, 0.3) is 0 Å². The smallest absolute Gasteiger partial charge is 0.127 e. The van der Waals surface area contributed by atoms with Gasteiger partial charge in [0.1, 0.15) is 11.5 Å². The van der Waals surface area contributed by atoms with Gasteiger partial charge in [-0.3, -0.25) is 10.00 Å². The highest BCUT2D eigenvalue weighted by molar-refractivity contribution is 5.40. The molecule has 5 heteroatoms. The lowest BCUT2D eigenvalue weighted by molar-refractivity contribution is 0.165. The summed E-state index contributed by atoms with van der Waals surface area (Å²) in [5.41, 5.74) is 2.45. The summed E-state index contributed by atoms with van der Waals surface area (Å²) in [5, 5.41) is 7.12. The second-order valence-corrected chi connectivity index (χ2v) is 6.21. The Labute approximate surface area is 137 Å². The molecule has 1 N–H and O–H groups in total. The molecule has 0 amide bonds. The first-order valence-electron chi connectivity index (χ1n) is 8.20. The van der Waals surface area contributed by atoms with Gasteiger partial charge in [-0.25, -0.2) is 0 Å². The highest BCUT2D eigenvalue weighted by atomic mass is 16.5. The van der Waals surface area contributed by atoms with Gasteiger partial charge in [-0.1, -0.05) is 6.07 Å². The van der Waals surface area contributed by atoms with Gasteiger partial charge in [0.15, 0.2) is 0 Å². The Hall–Kier alpha value is -2.01. The minimum atomic E-state index is 0.688. The van der Waals surface area contributed by atoms with Gasteiger partial charge in [0, 0.05) is 36.6 Å². The van der Waals surface area contributed by atoms with Crippen LogP contribution in [0.5, 0.6) is 11.5 Å². The summed E-state index contributed by atoms with van der Waals surface area (Å²) in [6.07, 6.45) is 5.45. The van der Waals surface area contributed by atoms with Crippen molar-refractivity contribution in [1.29, 1.82) is 0 Å². The van der Waals surface area contributed by atoms with Gasteiger partial charge in [-0.05, 0) is 43.9 Å². The van der Waals surface area contributed by atoms with E-state index in [0.717, 1.165) is 37.6 Å². The fourth-order valence-electron chi connectivity index (χ4n) is 3.39. The zero-order valence-electron chi connectivity index (χ0n) is 13.9. The third-order valence-corrected chi connectivity index (χ3v) is 4.56. The lowest BCUT2D eigenvalue weighted by Gasteiger charge is -2.33. The number of rotatable bonds is 6. The van der Waals surface area contributed by atoms with Crippen LogP contribution < -0.4 is 9.47 Å². The molecule has 0 bridgehead atoms. The molecular formula is C18H25N3O2. The van der Waals surface area contributed by atoms with Crippen molar-refractivity contribution in [3.05, 3.63) is 41.7 Å². The molecule has 0 radical (unpaired) electrons. The van der Waals surface area contributed by atoms with E-state index >= 15 is 0 Å². The van der Waals surface area contributed by atoms with Crippen molar-refractivity contribution >= 4 is 0 Å². The molecule has 2 heterocycles. The summed E-state index contributed by atoms with van der Waals surface area (Å²) in [7, 11) is 3.40. The maximum atomic E-state index is 5.52. The molecule has 2 aromatic rings. The quantitative estimate of drug-likeness (QED) is 0.890.